The Morgan fingerprint density at radius 2 is 2.05 bits per heavy atom. The zero-order valence-electron chi connectivity index (χ0n) is 11.9. The molecule has 4 heteroatoms. The molecule has 1 aliphatic carbocycles. The number of halogens is 1. The monoisotopic (exact) mass is 302 g/mol. The molecule has 0 bridgehead atoms. The lowest BCUT2D eigenvalue weighted by Crippen LogP contribution is -2.51. The van der Waals surface area contributed by atoms with Crippen LogP contribution in [0.1, 0.15) is 42.5 Å². The molecule has 3 nitrogen and oxygen atoms in total. The number of nitrogens with one attached hydrogen (secondary N) is 1. The average molecular weight is 303 g/mol. The van der Waals surface area contributed by atoms with Gasteiger partial charge in [0.15, 0.2) is 0 Å². The molecule has 0 radical (unpaired) electrons. The van der Waals surface area contributed by atoms with Gasteiger partial charge in [0.1, 0.15) is 0 Å². The summed E-state index contributed by atoms with van der Waals surface area (Å²) in [4.78, 5) is 16.8. The molecule has 1 aromatic heterocycles. The van der Waals surface area contributed by atoms with Crippen LogP contribution in [0, 0.1) is 0 Å². The van der Waals surface area contributed by atoms with E-state index >= 15 is 0 Å². The second-order valence-electron chi connectivity index (χ2n) is 5.84. The Hall–Kier alpha value is -1.61. The van der Waals surface area contributed by atoms with E-state index in [2.05, 4.69) is 10.3 Å². The maximum Gasteiger partial charge on any atom is 0.251 e. The quantitative estimate of drug-likeness (QED) is 0.874. The molecule has 21 heavy (non-hydrogen) atoms. The summed E-state index contributed by atoms with van der Waals surface area (Å²) >= 11 is 6.14. The molecule has 1 amide bonds. The highest BCUT2D eigenvalue weighted by molar-refractivity contribution is 6.19. The summed E-state index contributed by atoms with van der Waals surface area (Å²) in [7, 11) is 0. The number of carbonyl (C=O) groups is 1. The van der Waals surface area contributed by atoms with E-state index in [0.717, 1.165) is 36.6 Å². The van der Waals surface area contributed by atoms with Gasteiger partial charge in [0.25, 0.3) is 5.91 Å². The smallest absolute Gasteiger partial charge is 0.251 e. The van der Waals surface area contributed by atoms with E-state index in [0.29, 0.717) is 11.4 Å². The van der Waals surface area contributed by atoms with Gasteiger partial charge < -0.3 is 5.32 Å². The summed E-state index contributed by atoms with van der Waals surface area (Å²) in [6, 6.07) is 9.46. The van der Waals surface area contributed by atoms with Gasteiger partial charge in [-0.05, 0) is 37.1 Å². The van der Waals surface area contributed by atoms with Crippen molar-refractivity contribution >= 4 is 28.4 Å². The maximum absolute atomic E-state index is 12.5. The first-order valence-electron chi connectivity index (χ1n) is 7.46. The Morgan fingerprint density at radius 3 is 2.81 bits per heavy atom. The molecule has 1 heterocycles. The minimum absolute atomic E-state index is 0.0386. The number of alkyl halides is 1. The van der Waals surface area contributed by atoms with Crippen LogP contribution in [-0.2, 0) is 0 Å². The first-order valence-corrected chi connectivity index (χ1v) is 7.99. The lowest BCUT2D eigenvalue weighted by atomic mass is 9.83. The summed E-state index contributed by atoms with van der Waals surface area (Å²) in [6.45, 7) is 0. The normalized spacial score (nSPS) is 17.6. The van der Waals surface area contributed by atoms with Crippen molar-refractivity contribution in [3.8, 4) is 0 Å². The summed E-state index contributed by atoms with van der Waals surface area (Å²) in [5.41, 5.74) is 1.34. The molecule has 0 aliphatic heterocycles. The molecule has 1 aromatic carbocycles. The fourth-order valence-electron chi connectivity index (χ4n) is 3.05. The van der Waals surface area contributed by atoms with Crippen molar-refractivity contribution in [1.82, 2.24) is 10.3 Å². The van der Waals surface area contributed by atoms with Crippen LogP contribution in [0.3, 0.4) is 0 Å². The third kappa shape index (κ3) is 3.03. The van der Waals surface area contributed by atoms with E-state index in [-0.39, 0.29) is 11.4 Å². The largest absolute Gasteiger partial charge is 0.345 e. The van der Waals surface area contributed by atoms with E-state index in [9.17, 15) is 4.79 Å². The molecule has 1 aliphatic rings. The van der Waals surface area contributed by atoms with Gasteiger partial charge in [-0.2, -0.15) is 0 Å². The first kappa shape index (κ1) is 14.3. The Bertz CT molecular complexity index is 650. The van der Waals surface area contributed by atoms with E-state index in [1.165, 1.54) is 6.42 Å². The third-order valence-electron chi connectivity index (χ3n) is 4.31. The van der Waals surface area contributed by atoms with Gasteiger partial charge in [-0.3, -0.25) is 9.78 Å². The van der Waals surface area contributed by atoms with Crippen LogP contribution in [0.5, 0.6) is 0 Å². The minimum atomic E-state index is -0.235. The van der Waals surface area contributed by atoms with Gasteiger partial charge in [0.05, 0.1) is 11.1 Å². The molecular formula is C17H19ClN2O. The number of fused-ring (bicyclic) bond motifs is 1. The van der Waals surface area contributed by atoms with Crippen molar-refractivity contribution in [1.29, 1.82) is 0 Å². The lowest BCUT2D eigenvalue weighted by molar-refractivity contribution is 0.0885. The zero-order valence-corrected chi connectivity index (χ0v) is 12.7. The number of rotatable bonds is 3. The van der Waals surface area contributed by atoms with Crippen molar-refractivity contribution < 1.29 is 4.79 Å². The molecule has 0 saturated heterocycles. The van der Waals surface area contributed by atoms with Crippen molar-refractivity contribution in [2.24, 2.45) is 0 Å². The zero-order chi connectivity index (χ0) is 14.7. The number of carbonyl (C=O) groups excluding carboxylic acids is 1. The number of amides is 1. The molecular weight excluding hydrogens is 284 g/mol. The summed E-state index contributed by atoms with van der Waals surface area (Å²) < 4.78 is 0. The fourth-order valence-corrected chi connectivity index (χ4v) is 3.38. The number of hydrogen-bond acceptors (Lipinski definition) is 2. The highest BCUT2D eigenvalue weighted by Gasteiger charge is 2.32. The molecule has 1 saturated carbocycles. The van der Waals surface area contributed by atoms with Crippen LogP contribution in [0.25, 0.3) is 10.9 Å². The molecule has 3 rings (SSSR count). The summed E-state index contributed by atoms with van der Waals surface area (Å²) in [5.74, 6) is 0.441. The number of pyridine rings is 1. The van der Waals surface area contributed by atoms with E-state index in [4.69, 9.17) is 11.6 Å². The second kappa shape index (κ2) is 6.02. The number of aromatic nitrogens is 1. The molecule has 2 aromatic rings. The van der Waals surface area contributed by atoms with Crippen LogP contribution in [-0.4, -0.2) is 22.3 Å². The molecule has 0 unspecified atom stereocenters. The van der Waals surface area contributed by atoms with E-state index < -0.39 is 0 Å². The molecule has 0 spiro atoms. The topological polar surface area (TPSA) is 42.0 Å². The molecule has 1 fully saturated rings. The Balaban J connectivity index is 1.82. The van der Waals surface area contributed by atoms with E-state index in [1.54, 1.807) is 6.20 Å². The van der Waals surface area contributed by atoms with Crippen LogP contribution >= 0.6 is 11.6 Å². The molecule has 0 atom stereocenters. The van der Waals surface area contributed by atoms with Gasteiger partial charge in [0.2, 0.25) is 0 Å². The number of nitrogens with zero attached hydrogens (tertiary/aromatic N) is 1. The third-order valence-corrected chi connectivity index (χ3v) is 4.82. The van der Waals surface area contributed by atoms with Gasteiger partial charge in [0, 0.05) is 23.0 Å². The van der Waals surface area contributed by atoms with Crippen LogP contribution in [0.15, 0.2) is 36.5 Å². The Labute approximate surface area is 129 Å². The Morgan fingerprint density at radius 1 is 1.24 bits per heavy atom. The molecule has 1 N–H and O–H groups in total. The predicted molar refractivity (Wildman–Crippen MR) is 85.7 cm³/mol. The predicted octanol–water partition coefficient (Wildman–Crippen LogP) is 3.91. The first-order chi connectivity index (χ1) is 10.2. The average Bonchev–Trinajstić information content (AvgIpc) is 2.55. The Kier molecular flexibility index (Phi) is 4.11. The van der Waals surface area contributed by atoms with Crippen molar-refractivity contribution in [3.63, 3.8) is 0 Å². The van der Waals surface area contributed by atoms with Crippen LogP contribution in [0.2, 0.25) is 0 Å². The van der Waals surface area contributed by atoms with Gasteiger partial charge in [-0.25, -0.2) is 0 Å². The minimum Gasteiger partial charge on any atom is -0.345 e. The number of benzene rings is 1. The van der Waals surface area contributed by atoms with Gasteiger partial charge >= 0.3 is 0 Å². The standard InChI is InChI=1S/C17H19ClN2O/c18-12-17(8-2-1-3-9-17)20-16(21)14-6-7-15-13(11-14)5-4-10-19-15/h4-7,10-11H,1-3,8-9,12H2,(H,20,21). The van der Waals surface area contributed by atoms with Crippen LogP contribution in [0.4, 0.5) is 0 Å². The fraction of sp³-hybridized carbons (Fsp3) is 0.412. The second-order valence-corrected chi connectivity index (χ2v) is 6.11. The van der Waals surface area contributed by atoms with E-state index in [1.807, 2.05) is 30.3 Å². The van der Waals surface area contributed by atoms with Crippen LogP contribution < -0.4 is 5.32 Å². The molecule has 110 valence electrons. The van der Waals surface area contributed by atoms with Crippen molar-refractivity contribution in [2.45, 2.75) is 37.6 Å². The van der Waals surface area contributed by atoms with Crippen molar-refractivity contribution in [2.75, 3.05) is 5.88 Å². The SMILES string of the molecule is O=C(NC1(CCl)CCCCC1)c1ccc2ncccc2c1. The summed E-state index contributed by atoms with van der Waals surface area (Å²) in [6.07, 6.45) is 7.20. The highest BCUT2D eigenvalue weighted by atomic mass is 35.5. The summed E-state index contributed by atoms with van der Waals surface area (Å²) in [5, 5.41) is 4.15. The van der Waals surface area contributed by atoms with Gasteiger partial charge in [-0.1, -0.05) is 25.3 Å². The number of hydrogen-bond donors (Lipinski definition) is 1. The van der Waals surface area contributed by atoms with Gasteiger partial charge in [-0.15, -0.1) is 11.6 Å². The lowest BCUT2D eigenvalue weighted by Gasteiger charge is -2.36. The highest BCUT2D eigenvalue weighted by Crippen LogP contribution is 2.29. The maximum atomic E-state index is 12.5. The van der Waals surface area contributed by atoms with Crippen molar-refractivity contribution in [3.05, 3.63) is 42.1 Å².